The Morgan fingerprint density at radius 2 is 2.06 bits per heavy atom. The number of carboxylic acids is 1. The molecule has 1 rings (SSSR count). The van der Waals surface area contributed by atoms with Gasteiger partial charge in [0.25, 0.3) is 0 Å². The number of carbonyl (C=O) groups is 2. The number of aliphatic carboxylic acids is 1. The van der Waals surface area contributed by atoms with E-state index < -0.39 is 11.9 Å². The van der Waals surface area contributed by atoms with Crippen LogP contribution in [0.3, 0.4) is 0 Å². The van der Waals surface area contributed by atoms with Gasteiger partial charge in [-0.15, -0.1) is 0 Å². The Hall–Kier alpha value is -2.04. The zero-order valence-electron chi connectivity index (χ0n) is 9.64. The summed E-state index contributed by atoms with van der Waals surface area (Å²) < 4.78 is 4.87. The fourth-order valence-corrected chi connectivity index (χ4v) is 1.33. The fraction of sp³-hybridized carbons (Fsp3) is 0.333. The largest absolute Gasteiger partial charge is 0.504 e. The molecule has 1 aromatic carbocycles. The first-order valence-electron chi connectivity index (χ1n) is 5.08. The number of benzene rings is 1. The average Bonchev–Trinajstić information content (AvgIpc) is 2.29. The van der Waals surface area contributed by atoms with Crippen LogP contribution in [0.1, 0.15) is 23.7 Å². The van der Waals surface area contributed by atoms with Crippen molar-refractivity contribution >= 4 is 11.8 Å². The number of Topliss-reactive ketones (excluding diaryl/α,β-unsaturated/α-hetero) is 1. The van der Waals surface area contributed by atoms with Gasteiger partial charge in [-0.3, -0.25) is 9.59 Å². The number of phenolic OH excluding ortho intramolecular Hbond substituents is 1. The topological polar surface area (TPSA) is 83.8 Å². The molecule has 1 aromatic rings. The van der Waals surface area contributed by atoms with Gasteiger partial charge in [-0.05, 0) is 18.2 Å². The SMILES string of the molecule is COc1cc(C(=O)CC(C)C(=O)O)ccc1O. The standard InChI is InChI=1S/C12H14O5/c1-7(12(15)16)5-10(14)8-3-4-9(13)11(6-8)17-2/h3-4,6-7,13H,5H2,1-2H3,(H,15,16). The van der Waals surface area contributed by atoms with Gasteiger partial charge >= 0.3 is 5.97 Å². The zero-order valence-corrected chi connectivity index (χ0v) is 9.64. The molecular formula is C12H14O5. The second kappa shape index (κ2) is 5.34. The Balaban J connectivity index is 2.86. The van der Waals surface area contributed by atoms with E-state index in [1.54, 1.807) is 0 Å². The molecule has 92 valence electrons. The van der Waals surface area contributed by atoms with E-state index in [0.29, 0.717) is 5.56 Å². The lowest BCUT2D eigenvalue weighted by Crippen LogP contribution is -2.14. The van der Waals surface area contributed by atoms with Crippen molar-refractivity contribution in [2.24, 2.45) is 5.92 Å². The smallest absolute Gasteiger partial charge is 0.306 e. The van der Waals surface area contributed by atoms with Crippen LogP contribution in [-0.2, 0) is 4.79 Å². The Kier molecular flexibility index (Phi) is 4.09. The molecule has 0 aliphatic heterocycles. The minimum atomic E-state index is -1.01. The lowest BCUT2D eigenvalue weighted by atomic mass is 9.99. The van der Waals surface area contributed by atoms with Crippen LogP contribution in [0.5, 0.6) is 11.5 Å². The van der Waals surface area contributed by atoms with Crippen LogP contribution in [0.15, 0.2) is 18.2 Å². The molecule has 5 nitrogen and oxygen atoms in total. The van der Waals surface area contributed by atoms with Crippen molar-refractivity contribution in [1.29, 1.82) is 0 Å². The van der Waals surface area contributed by atoms with Gasteiger partial charge in [0, 0.05) is 12.0 Å². The highest BCUT2D eigenvalue weighted by Crippen LogP contribution is 2.27. The molecule has 0 aliphatic rings. The lowest BCUT2D eigenvalue weighted by molar-refractivity contribution is -0.141. The number of ketones is 1. The summed E-state index contributed by atoms with van der Waals surface area (Å²) in [7, 11) is 1.38. The van der Waals surface area contributed by atoms with E-state index in [-0.39, 0.29) is 23.7 Å². The molecule has 0 heterocycles. The van der Waals surface area contributed by atoms with Crippen LogP contribution < -0.4 is 4.74 Å². The average molecular weight is 238 g/mol. The van der Waals surface area contributed by atoms with Crippen molar-refractivity contribution in [3.63, 3.8) is 0 Å². The van der Waals surface area contributed by atoms with Gasteiger partial charge < -0.3 is 14.9 Å². The molecule has 0 saturated carbocycles. The van der Waals surface area contributed by atoms with Crippen LogP contribution in [0.25, 0.3) is 0 Å². The molecule has 0 radical (unpaired) electrons. The second-order valence-corrected chi connectivity index (χ2v) is 3.75. The Morgan fingerprint density at radius 3 is 2.59 bits per heavy atom. The van der Waals surface area contributed by atoms with Crippen LogP contribution in [0.4, 0.5) is 0 Å². The quantitative estimate of drug-likeness (QED) is 0.762. The number of ether oxygens (including phenoxy) is 1. The van der Waals surface area contributed by atoms with E-state index in [9.17, 15) is 14.7 Å². The molecule has 1 atom stereocenters. The number of hydrogen-bond donors (Lipinski definition) is 2. The molecule has 0 aliphatic carbocycles. The van der Waals surface area contributed by atoms with Crippen LogP contribution in [-0.4, -0.2) is 29.1 Å². The van der Waals surface area contributed by atoms with Crippen molar-refractivity contribution < 1.29 is 24.5 Å². The molecule has 0 spiro atoms. The van der Waals surface area contributed by atoms with Crippen molar-refractivity contribution in [1.82, 2.24) is 0 Å². The monoisotopic (exact) mass is 238 g/mol. The Bertz CT molecular complexity index is 439. The fourth-order valence-electron chi connectivity index (χ4n) is 1.33. The molecule has 2 N–H and O–H groups in total. The highest BCUT2D eigenvalue weighted by Gasteiger charge is 2.18. The maximum absolute atomic E-state index is 11.7. The predicted molar refractivity (Wildman–Crippen MR) is 60.4 cm³/mol. The Labute approximate surface area is 98.6 Å². The molecule has 0 bridgehead atoms. The van der Waals surface area contributed by atoms with Crippen molar-refractivity contribution in [3.8, 4) is 11.5 Å². The first-order valence-corrected chi connectivity index (χ1v) is 5.08. The van der Waals surface area contributed by atoms with E-state index in [1.807, 2.05) is 0 Å². The first kappa shape index (κ1) is 13.0. The Morgan fingerprint density at radius 1 is 1.41 bits per heavy atom. The summed E-state index contributed by atoms with van der Waals surface area (Å²) in [6.45, 7) is 1.47. The van der Waals surface area contributed by atoms with E-state index in [1.165, 1.54) is 32.2 Å². The molecule has 0 fully saturated rings. The summed E-state index contributed by atoms with van der Waals surface area (Å²) >= 11 is 0. The third kappa shape index (κ3) is 3.21. The number of phenols is 1. The molecule has 0 aromatic heterocycles. The van der Waals surface area contributed by atoms with Crippen molar-refractivity contribution in [3.05, 3.63) is 23.8 Å². The van der Waals surface area contributed by atoms with E-state index in [0.717, 1.165) is 0 Å². The van der Waals surface area contributed by atoms with E-state index in [2.05, 4.69) is 0 Å². The van der Waals surface area contributed by atoms with Crippen molar-refractivity contribution in [2.75, 3.05) is 7.11 Å². The third-order valence-corrected chi connectivity index (χ3v) is 2.41. The van der Waals surface area contributed by atoms with Gasteiger partial charge in [-0.25, -0.2) is 0 Å². The minimum absolute atomic E-state index is 0.0599. The zero-order chi connectivity index (χ0) is 13.0. The number of methoxy groups -OCH3 is 1. The number of carboxylic acid groups (broad SMARTS) is 1. The highest BCUT2D eigenvalue weighted by atomic mass is 16.5. The summed E-state index contributed by atoms with van der Waals surface area (Å²) in [5.41, 5.74) is 0.327. The minimum Gasteiger partial charge on any atom is -0.504 e. The molecule has 1 unspecified atom stereocenters. The summed E-state index contributed by atoms with van der Waals surface area (Å²) in [5, 5.41) is 18.1. The first-order chi connectivity index (χ1) is 7.95. The normalized spacial score (nSPS) is 11.9. The van der Waals surface area contributed by atoms with Crippen LogP contribution in [0, 0.1) is 5.92 Å². The lowest BCUT2D eigenvalue weighted by Gasteiger charge is -2.07. The van der Waals surface area contributed by atoms with Gasteiger partial charge in [0.05, 0.1) is 13.0 Å². The second-order valence-electron chi connectivity index (χ2n) is 3.75. The summed E-state index contributed by atoms with van der Waals surface area (Å²) in [6.07, 6.45) is -0.0801. The molecule has 17 heavy (non-hydrogen) atoms. The van der Waals surface area contributed by atoms with Gasteiger partial charge in [0.2, 0.25) is 0 Å². The number of hydrogen-bond acceptors (Lipinski definition) is 4. The van der Waals surface area contributed by atoms with Crippen LogP contribution >= 0.6 is 0 Å². The molecule has 0 saturated heterocycles. The van der Waals surface area contributed by atoms with Gasteiger partial charge in [-0.2, -0.15) is 0 Å². The number of aromatic hydroxyl groups is 1. The maximum Gasteiger partial charge on any atom is 0.306 e. The molecule has 0 amide bonds. The van der Waals surface area contributed by atoms with Crippen LogP contribution in [0.2, 0.25) is 0 Å². The third-order valence-electron chi connectivity index (χ3n) is 2.41. The van der Waals surface area contributed by atoms with Gasteiger partial charge in [0.1, 0.15) is 0 Å². The number of rotatable bonds is 5. The predicted octanol–water partition coefficient (Wildman–Crippen LogP) is 1.69. The molecule has 5 heteroatoms. The highest BCUT2D eigenvalue weighted by molar-refractivity contribution is 5.98. The van der Waals surface area contributed by atoms with Gasteiger partial charge in [-0.1, -0.05) is 6.92 Å². The van der Waals surface area contributed by atoms with Gasteiger partial charge in [0.15, 0.2) is 17.3 Å². The van der Waals surface area contributed by atoms with E-state index in [4.69, 9.17) is 9.84 Å². The summed E-state index contributed by atoms with van der Waals surface area (Å²) in [6, 6.07) is 4.18. The van der Waals surface area contributed by atoms with Crippen molar-refractivity contribution in [2.45, 2.75) is 13.3 Å². The molecular weight excluding hydrogens is 224 g/mol. The maximum atomic E-state index is 11.7. The summed E-state index contributed by atoms with van der Waals surface area (Å²) in [5.74, 6) is -1.90. The summed E-state index contributed by atoms with van der Waals surface area (Å²) in [4.78, 5) is 22.4. The van der Waals surface area contributed by atoms with E-state index >= 15 is 0 Å². The number of carbonyl (C=O) groups excluding carboxylic acids is 1.